The Kier molecular flexibility index (Phi) is 11.4. The first kappa shape index (κ1) is 36.8. The Hall–Kier alpha value is -6.00. The molecule has 0 saturated heterocycles. The van der Waals surface area contributed by atoms with Gasteiger partial charge in [-0.3, -0.25) is 39.4 Å². The second-order valence-electron chi connectivity index (χ2n) is 10.4. The van der Waals surface area contributed by atoms with E-state index in [9.17, 15) is 39.4 Å². The van der Waals surface area contributed by atoms with E-state index in [2.05, 4.69) is 23.4 Å². The van der Waals surface area contributed by atoms with Crippen LogP contribution in [0, 0.1) is 34.1 Å². The van der Waals surface area contributed by atoms with Crippen molar-refractivity contribution in [1.29, 1.82) is 0 Å². The lowest BCUT2D eigenvalue weighted by molar-refractivity contribution is -0.385. The first-order valence-corrected chi connectivity index (χ1v) is 15.2. The quantitative estimate of drug-likeness (QED) is 0.0458. The van der Waals surface area contributed by atoms with Crippen LogP contribution in [-0.4, -0.2) is 52.9 Å². The van der Waals surface area contributed by atoms with E-state index in [-0.39, 0.29) is 79.9 Å². The number of rotatable bonds is 15. The van der Waals surface area contributed by atoms with Gasteiger partial charge in [-0.25, -0.2) is 9.36 Å². The van der Waals surface area contributed by atoms with Crippen LogP contribution in [0.3, 0.4) is 0 Å². The third-order valence-corrected chi connectivity index (χ3v) is 7.62. The highest BCUT2D eigenvalue weighted by Crippen LogP contribution is 2.32. The molecular formula is C32H26Cl2N6O10. The molecule has 16 nitrogen and oxygen atoms in total. The van der Waals surface area contributed by atoms with Gasteiger partial charge in [-0.2, -0.15) is 10.2 Å². The van der Waals surface area contributed by atoms with Gasteiger partial charge in [0.15, 0.2) is 0 Å². The largest absolute Gasteiger partial charge is 0.407 e. The van der Waals surface area contributed by atoms with E-state index in [1.807, 2.05) is 0 Å². The van der Waals surface area contributed by atoms with Gasteiger partial charge in [0.05, 0.1) is 57.2 Å². The molecule has 258 valence electrons. The number of nitro groups is 2. The molecule has 4 aromatic rings. The zero-order chi connectivity index (χ0) is 36.9. The number of hydrogen-bond donors (Lipinski definition) is 0. The lowest BCUT2D eigenvalue weighted by Gasteiger charge is -2.11. The third kappa shape index (κ3) is 7.82. The maximum atomic E-state index is 13.5. The normalized spacial score (nSPS) is 10.7. The van der Waals surface area contributed by atoms with Crippen LogP contribution in [0.15, 0.2) is 61.7 Å². The van der Waals surface area contributed by atoms with Gasteiger partial charge in [0.2, 0.25) is 23.3 Å². The topological polar surface area (TPSA) is 209 Å². The fourth-order valence-electron chi connectivity index (χ4n) is 4.74. The van der Waals surface area contributed by atoms with Gasteiger partial charge in [-0.15, -0.1) is 13.2 Å². The summed E-state index contributed by atoms with van der Waals surface area (Å²) >= 11 is 12.4. The highest BCUT2D eigenvalue weighted by Gasteiger charge is 2.30. The van der Waals surface area contributed by atoms with E-state index < -0.39 is 46.2 Å². The van der Waals surface area contributed by atoms with Crippen LogP contribution in [-0.2, 0) is 22.7 Å². The van der Waals surface area contributed by atoms with Crippen molar-refractivity contribution in [3.8, 4) is 11.8 Å². The van der Waals surface area contributed by atoms with Crippen molar-refractivity contribution in [2.45, 2.75) is 39.8 Å². The predicted octanol–water partition coefficient (Wildman–Crippen LogP) is 5.94. The van der Waals surface area contributed by atoms with Gasteiger partial charge >= 0.3 is 11.9 Å². The molecule has 18 heteroatoms. The summed E-state index contributed by atoms with van der Waals surface area (Å²) in [6.45, 7) is 10.3. The minimum Gasteiger partial charge on any atom is -0.407 e. The Morgan fingerprint density at radius 3 is 1.40 bits per heavy atom. The van der Waals surface area contributed by atoms with E-state index in [4.69, 9.17) is 32.7 Å². The number of non-ortho nitro benzene ring substituents is 2. The molecule has 2 heterocycles. The molecule has 0 spiro atoms. The maximum absolute atomic E-state index is 13.5. The van der Waals surface area contributed by atoms with E-state index in [0.29, 0.717) is 0 Å². The molecule has 4 rings (SSSR count). The highest BCUT2D eigenvalue weighted by molar-refractivity contribution is 6.36. The number of benzene rings is 2. The summed E-state index contributed by atoms with van der Waals surface area (Å²) in [5.74, 6) is -3.91. The van der Waals surface area contributed by atoms with Gasteiger partial charge < -0.3 is 9.47 Å². The Morgan fingerprint density at radius 2 is 1.10 bits per heavy atom. The number of nitrogens with zero attached hydrogens (tertiary/aromatic N) is 6. The molecule has 0 fully saturated rings. The number of halogens is 2. The van der Waals surface area contributed by atoms with Gasteiger partial charge in [0.1, 0.15) is 11.1 Å². The molecular weight excluding hydrogens is 699 g/mol. The molecule has 0 aliphatic rings. The van der Waals surface area contributed by atoms with Gasteiger partial charge in [0.25, 0.3) is 11.4 Å². The van der Waals surface area contributed by atoms with Gasteiger partial charge in [0, 0.05) is 35.4 Å². The monoisotopic (exact) mass is 724 g/mol. The summed E-state index contributed by atoms with van der Waals surface area (Å²) in [5, 5.41) is 30.3. The predicted molar refractivity (Wildman–Crippen MR) is 178 cm³/mol. The van der Waals surface area contributed by atoms with Crippen molar-refractivity contribution in [2.75, 3.05) is 0 Å². The number of hydrogen-bond acceptors (Lipinski definition) is 12. The van der Waals surface area contributed by atoms with Crippen molar-refractivity contribution in [3.63, 3.8) is 0 Å². The van der Waals surface area contributed by atoms with Crippen molar-refractivity contribution in [1.82, 2.24) is 19.6 Å². The van der Waals surface area contributed by atoms with Crippen molar-refractivity contribution < 1.29 is 38.5 Å². The van der Waals surface area contributed by atoms with Crippen LogP contribution < -0.4 is 9.47 Å². The summed E-state index contributed by atoms with van der Waals surface area (Å²) in [6, 6.07) is 6.56. The van der Waals surface area contributed by atoms with E-state index in [1.54, 1.807) is 0 Å². The van der Waals surface area contributed by atoms with Crippen LogP contribution in [0.4, 0.5) is 11.4 Å². The standard InChI is InChI=1S/C32H26Cl2N6O10/c1-5-13-37-31(27(17(3)35-37)29(43)21-9-7-19(39(45)46)15-23(21)33)49-25(41)11-12-26(42)50-32-28(18(4)36-38(32)14-6-2)30(44)22-10-8-20(40(47)48)16-24(22)34/h5-10,15-16H,1-2,11-14H2,3-4H3. The smallest absolute Gasteiger partial charge is 0.313 e. The van der Waals surface area contributed by atoms with E-state index in [0.717, 1.165) is 24.3 Å². The van der Waals surface area contributed by atoms with Crippen molar-refractivity contribution in [3.05, 3.63) is 126 Å². The third-order valence-electron chi connectivity index (χ3n) is 6.99. The van der Waals surface area contributed by atoms with E-state index in [1.165, 1.54) is 47.5 Å². The summed E-state index contributed by atoms with van der Waals surface area (Å²) < 4.78 is 13.4. The van der Waals surface area contributed by atoms with Crippen molar-refractivity contribution >= 4 is 58.1 Å². The Labute approximate surface area is 292 Å². The van der Waals surface area contributed by atoms with Crippen LogP contribution in [0.25, 0.3) is 0 Å². The van der Waals surface area contributed by atoms with Crippen LogP contribution >= 0.6 is 23.2 Å². The van der Waals surface area contributed by atoms with Crippen LogP contribution in [0.2, 0.25) is 10.0 Å². The first-order chi connectivity index (χ1) is 23.7. The van der Waals surface area contributed by atoms with Crippen LogP contribution in [0.5, 0.6) is 11.8 Å². The summed E-state index contributed by atoms with van der Waals surface area (Å²) in [6.07, 6.45) is 1.78. The number of carbonyl (C=O) groups excluding carboxylic acids is 4. The summed E-state index contributed by atoms with van der Waals surface area (Å²) in [4.78, 5) is 74.0. The average molecular weight is 725 g/mol. The molecule has 2 aromatic heterocycles. The second-order valence-corrected chi connectivity index (χ2v) is 11.2. The van der Waals surface area contributed by atoms with Crippen molar-refractivity contribution in [2.24, 2.45) is 0 Å². The minimum atomic E-state index is -0.958. The number of carbonyl (C=O) groups is 4. The first-order valence-electron chi connectivity index (χ1n) is 14.4. The molecule has 0 N–H and O–H groups in total. The fourth-order valence-corrected chi connectivity index (χ4v) is 5.26. The average Bonchev–Trinajstić information content (AvgIpc) is 3.53. The lowest BCUT2D eigenvalue weighted by Crippen LogP contribution is -2.19. The van der Waals surface area contributed by atoms with Gasteiger partial charge in [-0.05, 0) is 26.0 Å². The van der Waals surface area contributed by atoms with Crippen LogP contribution in [0.1, 0.15) is 56.1 Å². The number of allylic oxidation sites excluding steroid dienone is 2. The lowest BCUT2D eigenvalue weighted by atomic mass is 10.0. The molecule has 2 aromatic carbocycles. The molecule has 0 bridgehead atoms. The highest BCUT2D eigenvalue weighted by atomic mass is 35.5. The summed E-state index contributed by atoms with van der Waals surface area (Å²) in [7, 11) is 0. The summed E-state index contributed by atoms with van der Waals surface area (Å²) in [5.41, 5.74) is -0.852. The molecule has 0 unspecified atom stereocenters. The number of esters is 2. The zero-order valence-electron chi connectivity index (χ0n) is 26.4. The molecule has 50 heavy (non-hydrogen) atoms. The fraction of sp³-hybridized carbons (Fsp3) is 0.188. The zero-order valence-corrected chi connectivity index (χ0v) is 27.9. The number of ketones is 2. The Bertz CT molecular complexity index is 1950. The Balaban J connectivity index is 1.55. The number of ether oxygens (including phenoxy) is 2. The maximum Gasteiger partial charge on any atom is 0.313 e. The second kappa shape index (κ2) is 15.5. The van der Waals surface area contributed by atoms with E-state index >= 15 is 0 Å². The SMILES string of the molecule is C=CCn1nc(C)c(C(=O)c2ccc([N+](=O)[O-])cc2Cl)c1OC(=O)CCC(=O)Oc1c(C(=O)c2ccc([N+](=O)[O-])cc2Cl)c(C)nn1CC=C. The molecule has 0 aliphatic heterocycles. The van der Waals surface area contributed by atoms with Gasteiger partial charge in [-0.1, -0.05) is 35.4 Å². The molecule has 0 radical (unpaired) electrons. The number of nitro benzene ring substituents is 2. The number of aryl methyl sites for hydroxylation is 2. The minimum absolute atomic E-state index is 0.0228. The molecule has 0 amide bonds. The Morgan fingerprint density at radius 1 is 0.740 bits per heavy atom. The number of aromatic nitrogens is 4. The molecule has 0 saturated carbocycles. The molecule has 0 atom stereocenters. The molecule has 0 aliphatic carbocycles.